The van der Waals surface area contributed by atoms with Crippen LogP contribution >= 0.6 is 0 Å². The van der Waals surface area contributed by atoms with E-state index in [1.54, 1.807) is 61.7 Å². The topological polar surface area (TPSA) is 71.4 Å². The van der Waals surface area contributed by atoms with Crippen molar-refractivity contribution in [1.82, 2.24) is 14.8 Å². The number of ketones is 1. The summed E-state index contributed by atoms with van der Waals surface area (Å²) in [5.74, 6) is -1.05. The number of hydrogen-bond donors (Lipinski definition) is 1. The van der Waals surface area contributed by atoms with Crippen molar-refractivity contribution >= 4 is 17.7 Å². The lowest BCUT2D eigenvalue weighted by atomic mass is 9.92. The summed E-state index contributed by atoms with van der Waals surface area (Å²) in [5.41, 5.74) is -0.0606. The third-order valence-corrected chi connectivity index (χ3v) is 6.09. The summed E-state index contributed by atoms with van der Waals surface area (Å²) in [6.45, 7) is 4.37. The second-order valence-corrected chi connectivity index (χ2v) is 8.40. The van der Waals surface area contributed by atoms with Crippen LogP contribution < -0.4 is 5.32 Å². The SMILES string of the molecule is Cc1cc(C(=O)CN2C(=O)N[C@@](C)(c3ccccc3)C2=O)c(C)n1-c1cccc(C(F)(F)F)c1. The molecule has 0 spiro atoms. The van der Waals surface area contributed by atoms with Crippen LogP contribution in [0.5, 0.6) is 0 Å². The summed E-state index contributed by atoms with van der Waals surface area (Å²) in [7, 11) is 0. The number of carbonyl (C=O) groups excluding carboxylic acids is 3. The van der Waals surface area contributed by atoms with Gasteiger partial charge >= 0.3 is 12.2 Å². The molecule has 176 valence electrons. The van der Waals surface area contributed by atoms with Crippen LogP contribution in [0.15, 0.2) is 60.7 Å². The molecule has 4 rings (SSSR count). The average molecular weight is 469 g/mol. The van der Waals surface area contributed by atoms with Crippen LogP contribution in [0.3, 0.4) is 0 Å². The second kappa shape index (κ2) is 8.16. The number of amides is 3. The second-order valence-electron chi connectivity index (χ2n) is 8.40. The van der Waals surface area contributed by atoms with Crippen LogP contribution in [0.25, 0.3) is 5.69 Å². The molecule has 0 bridgehead atoms. The molecule has 9 heteroatoms. The van der Waals surface area contributed by atoms with Crippen molar-refractivity contribution in [2.45, 2.75) is 32.5 Å². The zero-order chi connectivity index (χ0) is 24.8. The van der Waals surface area contributed by atoms with E-state index < -0.39 is 41.5 Å². The highest BCUT2D eigenvalue weighted by Crippen LogP contribution is 2.32. The molecule has 34 heavy (non-hydrogen) atoms. The molecule has 1 aliphatic heterocycles. The number of benzene rings is 2. The molecule has 1 N–H and O–H groups in total. The predicted octanol–water partition coefficient (Wildman–Crippen LogP) is 4.76. The molecule has 0 unspecified atom stereocenters. The minimum Gasteiger partial charge on any atom is -0.319 e. The molecule has 0 saturated carbocycles. The third kappa shape index (κ3) is 3.87. The van der Waals surface area contributed by atoms with Crippen molar-refractivity contribution < 1.29 is 27.6 Å². The number of aryl methyl sites for hydroxylation is 1. The Labute approximate surface area is 194 Å². The van der Waals surface area contributed by atoms with Gasteiger partial charge in [-0.15, -0.1) is 0 Å². The number of alkyl halides is 3. The number of nitrogens with one attached hydrogen (secondary N) is 1. The lowest BCUT2D eigenvalue weighted by molar-refractivity contribution is -0.137. The monoisotopic (exact) mass is 469 g/mol. The zero-order valence-corrected chi connectivity index (χ0v) is 18.7. The van der Waals surface area contributed by atoms with E-state index in [0.717, 1.165) is 17.0 Å². The molecule has 2 heterocycles. The van der Waals surface area contributed by atoms with Gasteiger partial charge in [-0.25, -0.2) is 4.79 Å². The molecule has 6 nitrogen and oxygen atoms in total. The third-order valence-electron chi connectivity index (χ3n) is 6.09. The summed E-state index contributed by atoms with van der Waals surface area (Å²) in [6, 6.07) is 14.4. The molecule has 1 fully saturated rings. The van der Waals surface area contributed by atoms with Crippen molar-refractivity contribution in [3.8, 4) is 5.69 Å². The minimum absolute atomic E-state index is 0.226. The number of rotatable bonds is 5. The molecule has 3 aromatic rings. The van der Waals surface area contributed by atoms with Gasteiger partial charge in [0.1, 0.15) is 5.54 Å². The van der Waals surface area contributed by atoms with Crippen molar-refractivity contribution in [3.05, 3.63) is 88.7 Å². The minimum atomic E-state index is -4.50. The van der Waals surface area contributed by atoms with Gasteiger partial charge < -0.3 is 9.88 Å². The molecule has 2 aromatic carbocycles. The summed E-state index contributed by atoms with van der Waals surface area (Å²) < 4.78 is 41.0. The first-order valence-corrected chi connectivity index (χ1v) is 10.5. The first-order chi connectivity index (χ1) is 15.9. The molecule has 1 aromatic heterocycles. The highest BCUT2D eigenvalue weighted by atomic mass is 19.4. The first-order valence-electron chi connectivity index (χ1n) is 10.5. The van der Waals surface area contributed by atoms with Crippen LogP contribution in [0.4, 0.5) is 18.0 Å². The van der Waals surface area contributed by atoms with Gasteiger partial charge in [-0.05, 0) is 50.6 Å². The number of aromatic nitrogens is 1. The van der Waals surface area contributed by atoms with Crippen LogP contribution in [-0.2, 0) is 16.5 Å². The van der Waals surface area contributed by atoms with E-state index in [1.165, 1.54) is 12.1 Å². The Morgan fingerprint density at radius 1 is 1.00 bits per heavy atom. The van der Waals surface area contributed by atoms with Gasteiger partial charge in [0.05, 0.1) is 12.1 Å². The lowest BCUT2D eigenvalue weighted by Gasteiger charge is -2.22. The Kier molecular flexibility index (Phi) is 5.59. The smallest absolute Gasteiger partial charge is 0.319 e. The number of carbonyl (C=O) groups is 3. The van der Waals surface area contributed by atoms with Crippen molar-refractivity contribution in [3.63, 3.8) is 0 Å². The van der Waals surface area contributed by atoms with Gasteiger partial charge in [0, 0.05) is 22.6 Å². The molecule has 1 aliphatic rings. The molecular formula is C25H22F3N3O3. The van der Waals surface area contributed by atoms with E-state index in [1.807, 2.05) is 0 Å². The number of urea groups is 1. The van der Waals surface area contributed by atoms with Crippen LogP contribution in [0.2, 0.25) is 0 Å². The molecular weight excluding hydrogens is 447 g/mol. The van der Waals surface area contributed by atoms with Crippen LogP contribution in [-0.4, -0.2) is 33.7 Å². The van der Waals surface area contributed by atoms with Crippen molar-refractivity contribution in [1.29, 1.82) is 0 Å². The fraction of sp³-hybridized carbons (Fsp3) is 0.240. The largest absolute Gasteiger partial charge is 0.416 e. The molecule has 1 atom stereocenters. The Balaban J connectivity index is 1.62. The van der Waals surface area contributed by atoms with Crippen molar-refractivity contribution in [2.24, 2.45) is 0 Å². The number of hydrogen-bond acceptors (Lipinski definition) is 3. The molecule has 1 saturated heterocycles. The molecule has 0 radical (unpaired) electrons. The summed E-state index contributed by atoms with van der Waals surface area (Å²) in [6.07, 6.45) is -4.50. The van der Waals surface area contributed by atoms with Crippen molar-refractivity contribution in [2.75, 3.05) is 6.54 Å². The quantitative estimate of drug-likeness (QED) is 0.433. The maximum Gasteiger partial charge on any atom is 0.416 e. The van der Waals surface area contributed by atoms with Gasteiger partial charge in [0.25, 0.3) is 5.91 Å². The molecule has 0 aliphatic carbocycles. The Bertz CT molecular complexity index is 1300. The predicted molar refractivity (Wildman–Crippen MR) is 119 cm³/mol. The number of imide groups is 1. The van der Waals surface area contributed by atoms with E-state index in [4.69, 9.17) is 0 Å². The van der Waals surface area contributed by atoms with E-state index in [0.29, 0.717) is 17.0 Å². The Morgan fingerprint density at radius 3 is 2.32 bits per heavy atom. The normalized spacial score (nSPS) is 18.4. The fourth-order valence-corrected chi connectivity index (χ4v) is 4.30. The summed E-state index contributed by atoms with van der Waals surface area (Å²) in [4.78, 5) is 39.7. The lowest BCUT2D eigenvalue weighted by Crippen LogP contribution is -2.41. The van der Waals surface area contributed by atoms with Crippen LogP contribution in [0, 0.1) is 13.8 Å². The maximum atomic E-state index is 13.2. The summed E-state index contributed by atoms with van der Waals surface area (Å²) in [5, 5.41) is 2.65. The Hall–Kier alpha value is -3.88. The summed E-state index contributed by atoms with van der Waals surface area (Å²) >= 11 is 0. The maximum absolute atomic E-state index is 13.2. The van der Waals surface area contributed by atoms with E-state index in [2.05, 4.69) is 5.32 Å². The average Bonchev–Trinajstić information content (AvgIpc) is 3.21. The highest BCUT2D eigenvalue weighted by Gasteiger charge is 2.49. The van der Waals surface area contributed by atoms with Gasteiger partial charge in [0.15, 0.2) is 5.78 Å². The van der Waals surface area contributed by atoms with Gasteiger partial charge in [-0.3, -0.25) is 14.5 Å². The van der Waals surface area contributed by atoms with E-state index in [-0.39, 0.29) is 11.3 Å². The Morgan fingerprint density at radius 2 is 1.68 bits per heavy atom. The zero-order valence-electron chi connectivity index (χ0n) is 18.7. The number of nitrogens with zero attached hydrogens (tertiary/aromatic N) is 2. The van der Waals surface area contributed by atoms with Gasteiger partial charge in [-0.1, -0.05) is 36.4 Å². The van der Waals surface area contributed by atoms with E-state index in [9.17, 15) is 27.6 Å². The standard InChI is InChI=1S/C25H22F3N3O3/c1-15-12-20(16(2)31(15)19-11-7-10-18(13-19)25(26,27)28)21(32)14-30-22(33)24(3,29-23(30)34)17-8-5-4-6-9-17/h4-13H,14H2,1-3H3,(H,29,34)/t24-/m0/s1. The first kappa shape index (κ1) is 23.3. The highest BCUT2D eigenvalue weighted by molar-refractivity contribution is 6.11. The van der Waals surface area contributed by atoms with E-state index >= 15 is 0 Å². The fourth-order valence-electron chi connectivity index (χ4n) is 4.30. The van der Waals surface area contributed by atoms with Gasteiger partial charge in [-0.2, -0.15) is 13.2 Å². The number of Topliss-reactive ketones (excluding diaryl/α,β-unsaturated/α-hetero) is 1. The molecule has 3 amide bonds. The van der Waals surface area contributed by atoms with Crippen LogP contribution in [0.1, 0.15) is 39.8 Å². The number of halogens is 3. The van der Waals surface area contributed by atoms with Gasteiger partial charge in [0.2, 0.25) is 0 Å².